The predicted octanol–water partition coefficient (Wildman–Crippen LogP) is 4.52. The maximum absolute atomic E-state index is 12.8. The predicted molar refractivity (Wildman–Crippen MR) is 113 cm³/mol. The summed E-state index contributed by atoms with van der Waals surface area (Å²) in [6.45, 7) is 4.18. The van der Waals surface area contributed by atoms with Crippen molar-refractivity contribution in [1.29, 1.82) is 0 Å². The smallest absolute Gasteiger partial charge is 0.282 e. The quantitative estimate of drug-likeness (QED) is 0.489. The van der Waals surface area contributed by atoms with Crippen LogP contribution in [-0.2, 0) is 0 Å². The van der Waals surface area contributed by atoms with E-state index in [2.05, 4.69) is 41.9 Å². The summed E-state index contributed by atoms with van der Waals surface area (Å²) < 4.78 is 13.8. The second kappa shape index (κ2) is 8.22. The van der Waals surface area contributed by atoms with E-state index in [1.54, 1.807) is 38.4 Å². The van der Waals surface area contributed by atoms with Crippen LogP contribution in [0.2, 0.25) is 0 Å². The van der Waals surface area contributed by atoms with Crippen LogP contribution in [0.1, 0.15) is 18.3 Å². The first-order valence-electron chi connectivity index (χ1n) is 8.18. The molecule has 8 heteroatoms. The summed E-state index contributed by atoms with van der Waals surface area (Å²) in [4.78, 5) is 17.3. The van der Waals surface area contributed by atoms with Gasteiger partial charge in [-0.2, -0.15) is 9.78 Å². The van der Waals surface area contributed by atoms with E-state index < -0.39 is 0 Å². The second-order valence-electron chi connectivity index (χ2n) is 5.64. The third kappa shape index (κ3) is 4.06. The molecule has 1 aromatic heterocycles. The van der Waals surface area contributed by atoms with Crippen LogP contribution in [0.4, 0.5) is 0 Å². The van der Waals surface area contributed by atoms with Crippen molar-refractivity contribution in [1.82, 2.24) is 9.66 Å². The zero-order chi connectivity index (χ0) is 19.6. The molecule has 0 aliphatic rings. The number of aromatic nitrogens is 2. The summed E-state index contributed by atoms with van der Waals surface area (Å²) in [5, 5.41) is 4.84. The average molecular weight is 495 g/mol. The fraction of sp³-hybridized carbons (Fsp3) is 0.211. The Labute approximate surface area is 173 Å². The minimum absolute atomic E-state index is 0.232. The van der Waals surface area contributed by atoms with Crippen LogP contribution in [0, 0.1) is 6.92 Å². The number of halogens is 2. The normalized spacial score (nSPS) is 11.3. The lowest BCUT2D eigenvalue weighted by atomic mass is 10.2. The Morgan fingerprint density at radius 1 is 1.22 bits per heavy atom. The summed E-state index contributed by atoms with van der Waals surface area (Å²) in [5.74, 6) is 1.72. The van der Waals surface area contributed by atoms with E-state index in [1.807, 2.05) is 19.1 Å². The molecule has 0 atom stereocenters. The molecule has 0 aliphatic carbocycles. The number of hydrogen-bond acceptors (Lipinski definition) is 5. The molecule has 0 aliphatic heterocycles. The molecule has 6 nitrogen and oxygen atoms in total. The number of nitrogens with zero attached hydrogens (tertiary/aromatic N) is 3. The van der Waals surface area contributed by atoms with Crippen molar-refractivity contribution in [2.75, 3.05) is 13.7 Å². The lowest BCUT2D eigenvalue weighted by molar-refractivity contribution is 0.310. The van der Waals surface area contributed by atoms with Crippen molar-refractivity contribution in [3.05, 3.63) is 61.0 Å². The lowest BCUT2D eigenvalue weighted by Gasteiger charge is -2.11. The van der Waals surface area contributed by atoms with Crippen molar-refractivity contribution >= 4 is 49.0 Å². The van der Waals surface area contributed by atoms with Gasteiger partial charge in [-0.15, -0.1) is 0 Å². The molecule has 0 spiro atoms. The molecule has 3 aromatic rings. The van der Waals surface area contributed by atoms with E-state index in [4.69, 9.17) is 9.47 Å². The molecule has 0 unspecified atom stereocenters. The molecule has 0 saturated heterocycles. The van der Waals surface area contributed by atoms with E-state index in [0.717, 1.165) is 14.5 Å². The van der Waals surface area contributed by atoms with Crippen LogP contribution in [0.25, 0.3) is 10.9 Å². The number of benzene rings is 2. The fourth-order valence-electron chi connectivity index (χ4n) is 2.59. The van der Waals surface area contributed by atoms with Gasteiger partial charge in [-0.3, -0.25) is 4.79 Å². The molecule has 2 aromatic carbocycles. The van der Waals surface area contributed by atoms with Gasteiger partial charge in [0.05, 0.1) is 30.8 Å². The number of aryl methyl sites for hydroxylation is 1. The van der Waals surface area contributed by atoms with Gasteiger partial charge in [0, 0.05) is 14.5 Å². The third-order valence-corrected chi connectivity index (χ3v) is 5.05. The molecule has 0 amide bonds. The summed E-state index contributed by atoms with van der Waals surface area (Å²) in [5.41, 5.74) is 1.15. The first-order chi connectivity index (χ1) is 12.9. The topological polar surface area (TPSA) is 65.7 Å². The Kier molecular flexibility index (Phi) is 5.96. The lowest BCUT2D eigenvalue weighted by Crippen LogP contribution is -2.20. The van der Waals surface area contributed by atoms with Gasteiger partial charge in [0.2, 0.25) is 0 Å². The monoisotopic (exact) mass is 493 g/mol. The van der Waals surface area contributed by atoms with Gasteiger partial charge < -0.3 is 9.47 Å². The van der Waals surface area contributed by atoms with Crippen molar-refractivity contribution in [2.45, 2.75) is 13.8 Å². The SMILES string of the molecule is CCOc1cc(Br)c(C=Nn2c(C)nc3ccc(Br)cc3c2=O)cc1OC. The first kappa shape index (κ1) is 19.6. The van der Waals surface area contributed by atoms with Gasteiger partial charge in [0.15, 0.2) is 11.5 Å². The number of methoxy groups -OCH3 is 1. The highest BCUT2D eigenvalue weighted by atomic mass is 79.9. The molecular formula is C19H17Br2N3O3. The van der Waals surface area contributed by atoms with Gasteiger partial charge in [-0.25, -0.2) is 4.98 Å². The van der Waals surface area contributed by atoms with E-state index in [-0.39, 0.29) is 5.56 Å². The van der Waals surface area contributed by atoms with Crippen LogP contribution in [-0.4, -0.2) is 29.6 Å². The molecule has 0 saturated carbocycles. The zero-order valence-corrected chi connectivity index (χ0v) is 18.2. The van der Waals surface area contributed by atoms with Gasteiger partial charge >= 0.3 is 0 Å². The number of hydrogen-bond donors (Lipinski definition) is 0. The van der Waals surface area contributed by atoms with Crippen LogP contribution < -0.4 is 15.0 Å². The highest BCUT2D eigenvalue weighted by Crippen LogP contribution is 2.32. The van der Waals surface area contributed by atoms with E-state index in [1.165, 1.54) is 4.68 Å². The Balaban J connectivity index is 2.07. The number of ether oxygens (including phenoxy) is 2. The van der Waals surface area contributed by atoms with Crippen LogP contribution >= 0.6 is 31.9 Å². The summed E-state index contributed by atoms with van der Waals surface area (Å²) in [7, 11) is 1.58. The molecule has 27 heavy (non-hydrogen) atoms. The van der Waals surface area contributed by atoms with Crippen molar-refractivity contribution < 1.29 is 9.47 Å². The first-order valence-corrected chi connectivity index (χ1v) is 9.76. The van der Waals surface area contributed by atoms with Crippen molar-refractivity contribution in [3.63, 3.8) is 0 Å². The molecule has 0 N–H and O–H groups in total. The average Bonchev–Trinajstić information content (AvgIpc) is 2.64. The molecule has 1 heterocycles. The van der Waals surface area contributed by atoms with E-state index >= 15 is 0 Å². The maximum Gasteiger partial charge on any atom is 0.282 e. The Bertz CT molecular complexity index is 1090. The molecule has 140 valence electrons. The highest BCUT2D eigenvalue weighted by Gasteiger charge is 2.11. The van der Waals surface area contributed by atoms with Crippen molar-refractivity contribution in [2.24, 2.45) is 5.10 Å². The minimum Gasteiger partial charge on any atom is -0.493 e. The largest absolute Gasteiger partial charge is 0.493 e. The van der Waals surface area contributed by atoms with Crippen molar-refractivity contribution in [3.8, 4) is 11.5 Å². The third-order valence-electron chi connectivity index (χ3n) is 3.87. The second-order valence-corrected chi connectivity index (χ2v) is 7.41. The number of rotatable bonds is 5. The van der Waals surface area contributed by atoms with Gasteiger partial charge in [0.25, 0.3) is 5.56 Å². The molecule has 0 fully saturated rings. The highest BCUT2D eigenvalue weighted by molar-refractivity contribution is 9.10. The standard InChI is InChI=1S/C19H17Br2N3O3/c1-4-27-18-9-15(21)12(7-17(18)26-3)10-22-24-11(2)23-16-6-5-13(20)8-14(16)19(24)25/h5-10H,4H2,1-3H3. The van der Waals surface area contributed by atoms with E-state index in [0.29, 0.717) is 34.8 Å². The molecular weight excluding hydrogens is 478 g/mol. The summed E-state index contributed by atoms with van der Waals surface area (Å²) in [6, 6.07) is 9.01. The van der Waals surface area contributed by atoms with Crippen LogP contribution in [0.15, 0.2) is 49.2 Å². The van der Waals surface area contributed by atoms with Gasteiger partial charge in [0.1, 0.15) is 5.82 Å². The Morgan fingerprint density at radius 3 is 2.70 bits per heavy atom. The summed E-state index contributed by atoms with van der Waals surface area (Å²) in [6.07, 6.45) is 1.59. The molecule has 0 radical (unpaired) electrons. The summed E-state index contributed by atoms with van der Waals surface area (Å²) >= 11 is 6.89. The van der Waals surface area contributed by atoms with Gasteiger partial charge in [-0.05, 0) is 60.1 Å². The van der Waals surface area contributed by atoms with E-state index in [9.17, 15) is 4.79 Å². The maximum atomic E-state index is 12.8. The zero-order valence-electron chi connectivity index (χ0n) is 15.0. The molecule has 3 rings (SSSR count). The van der Waals surface area contributed by atoms with Gasteiger partial charge in [-0.1, -0.05) is 15.9 Å². The Morgan fingerprint density at radius 2 is 2.00 bits per heavy atom. The molecule has 0 bridgehead atoms. The van der Waals surface area contributed by atoms with Crippen LogP contribution in [0.3, 0.4) is 0 Å². The van der Waals surface area contributed by atoms with Crippen LogP contribution in [0.5, 0.6) is 11.5 Å². The number of fused-ring (bicyclic) bond motifs is 1. The minimum atomic E-state index is -0.232. The Hall–Kier alpha value is -2.19. The fourth-order valence-corrected chi connectivity index (χ4v) is 3.38.